The number of carbonyl (C=O) groups is 1. The van der Waals surface area contributed by atoms with Crippen LogP contribution in [0, 0.1) is 6.92 Å². The van der Waals surface area contributed by atoms with Crippen LogP contribution >= 0.6 is 0 Å². The molecule has 3 aromatic rings. The maximum atomic E-state index is 12.5. The summed E-state index contributed by atoms with van der Waals surface area (Å²) in [6.07, 6.45) is 0.865. The van der Waals surface area contributed by atoms with Gasteiger partial charge in [0.15, 0.2) is 0 Å². The van der Waals surface area contributed by atoms with E-state index in [9.17, 15) is 4.79 Å². The second-order valence-electron chi connectivity index (χ2n) is 7.38. The van der Waals surface area contributed by atoms with Gasteiger partial charge in [0, 0.05) is 18.2 Å². The summed E-state index contributed by atoms with van der Waals surface area (Å²) in [5.41, 5.74) is 5.49. The summed E-state index contributed by atoms with van der Waals surface area (Å²) in [5.74, 6) is -0.0268. The molecule has 3 aromatic carbocycles. The van der Waals surface area contributed by atoms with Crippen molar-refractivity contribution in [2.45, 2.75) is 19.4 Å². The first-order chi connectivity index (χ1) is 13.5. The molecule has 0 heterocycles. The highest BCUT2D eigenvalue weighted by Gasteiger charge is 2.14. The van der Waals surface area contributed by atoms with Crippen molar-refractivity contribution in [3.63, 3.8) is 0 Å². The molecule has 1 N–H and O–H groups in total. The first kappa shape index (κ1) is 19.8. The van der Waals surface area contributed by atoms with Crippen molar-refractivity contribution in [1.82, 2.24) is 10.2 Å². The van der Waals surface area contributed by atoms with E-state index in [4.69, 9.17) is 0 Å². The van der Waals surface area contributed by atoms with Crippen molar-refractivity contribution < 1.29 is 4.79 Å². The van der Waals surface area contributed by atoms with Gasteiger partial charge in [-0.3, -0.25) is 4.79 Å². The van der Waals surface area contributed by atoms with Crippen LogP contribution in [0.5, 0.6) is 0 Å². The standard InChI is InChI=1S/C25H28N2O/c1-19-9-11-22(12-10-19)24(27(2)3)17-18-26-25(28)23-15-13-21(14-16-23)20-7-5-4-6-8-20/h4-16,24H,17-18H2,1-3H3,(H,26,28). The smallest absolute Gasteiger partial charge is 0.251 e. The summed E-state index contributed by atoms with van der Waals surface area (Å²) in [5, 5.41) is 3.06. The molecule has 144 valence electrons. The Labute approximate surface area is 168 Å². The molecule has 28 heavy (non-hydrogen) atoms. The molecule has 0 bridgehead atoms. The number of nitrogens with zero attached hydrogens (tertiary/aromatic N) is 1. The molecule has 3 rings (SSSR count). The molecule has 0 saturated carbocycles. The Hall–Kier alpha value is -2.91. The van der Waals surface area contributed by atoms with E-state index in [2.05, 4.69) is 67.6 Å². The van der Waals surface area contributed by atoms with Gasteiger partial charge in [-0.1, -0.05) is 72.3 Å². The Morgan fingerprint density at radius 3 is 2.07 bits per heavy atom. The summed E-state index contributed by atoms with van der Waals surface area (Å²) in [4.78, 5) is 14.7. The third kappa shape index (κ3) is 5.08. The van der Waals surface area contributed by atoms with Crippen LogP contribution in [0.2, 0.25) is 0 Å². The third-order valence-corrected chi connectivity index (χ3v) is 5.04. The number of benzene rings is 3. The van der Waals surface area contributed by atoms with Crippen LogP contribution < -0.4 is 5.32 Å². The lowest BCUT2D eigenvalue weighted by Crippen LogP contribution is -2.29. The zero-order valence-corrected chi connectivity index (χ0v) is 16.9. The average molecular weight is 373 g/mol. The highest BCUT2D eigenvalue weighted by atomic mass is 16.1. The molecule has 0 aromatic heterocycles. The first-order valence-electron chi connectivity index (χ1n) is 9.71. The molecule has 0 aliphatic carbocycles. The minimum absolute atomic E-state index is 0.0268. The van der Waals surface area contributed by atoms with Gasteiger partial charge in [-0.05, 0) is 56.3 Å². The number of carbonyl (C=O) groups excluding carboxylic acids is 1. The maximum absolute atomic E-state index is 12.5. The fourth-order valence-electron chi connectivity index (χ4n) is 3.38. The Kier molecular flexibility index (Phi) is 6.62. The van der Waals surface area contributed by atoms with Gasteiger partial charge in [0.05, 0.1) is 0 Å². The summed E-state index contributed by atoms with van der Waals surface area (Å²) >= 11 is 0. The van der Waals surface area contributed by atoms with E-state index >= 15 is 0 Å². The number of amides is 1. The predicted molar refractivity (Wildman–Crippen MR) is 116 cm³/mol. The zero-order valence-electron chi connectivity index (χ0n) is 16.9. The number of nitrogens with one attached hydrogen (secondary N) is 1. The lowest BCUT2D eigenvalue weighted by Gasteiger charge is -2.25. The third-order valence-electron chi connectivity index (χ3n) is 5.04. The normalized spacial score (nSPS) is 12.0. The van der Waals surface area contributed by atoms with Crippen molar-refractivity contribution in [2.75, 3.05) is 20.6 Å². The monoisotopic (exact) mass is 372 g/mol. The second-order valence-corrected chi connectivity index (χ2v) is 7.38. The maximum Gasteiger partial charge on any atom is 0.251 e. The number of hydrogen-bond donors (Lipinski definition) is 1. The quantitative estimate of drug-likeness (QED) is 0.627. The van der Waals surface area contributed by atoms with E-state index in [1.54, 1.807) is 0 Å². The molecule has 0 fully saturated rings. The van der Waals surface area contributed by atoms with Crippen molar-refractivity contribution in [2.24, 2.45) is 0 Å². The predicted octanol–water partition coefficient (Wildman–Crippen LogP) is 5.08. The lowest BCUT2D eigenvalue weighted by molar-refractivity contribution is 0.0949. The minimum Gasteiger partial charge on any atom is -0.352 e. The largest absolute Gasteiger partial charge is 0.352 e. The van der Waals surface area contributed by atoms with Crippen LogP contribution in [-0.4, -0.2) is 31.4 Å². The topological polar surface area (TPSA) is 32.3 Å². The molecule has 0 aliphatic heterocycles. The van der Waals surface area contributed by atoms with E-state index in [0.717, 1.165) is 17.5 Å². The van der Waals surface area contributed by atoms with Crippen molar-refractivity contribution in [3.8, 4) is 11.1 Å². The second kappa shape index (κ2) is 9.34. The van der Waals surface area contributed by atoms with Gasteiger partial charge in [-0.15, -0.1) is 0 Å². The zero-order chi connectivity index (χ0) is 19.9. The summed E-state index contributed by atoms with van der Waals surface area (Å²) in [6.45, 7) is 2.73. The first-order valence-corrected chi connectivity index (χ1v) is 9.71. The molecule has 3 heteroatoms. The van der Waals surface area contributed by atoms with Crippen LogP contribution in [-0.2, 0) is 0 Å². The molecule has 1 atom stereocenters. The Morgan fingerprint density at radius 1 is 0.857 bits per heavy atom. The summed E-state index contributed by atoms with van der Waals surface area (Å²) in [6, 6.07) is 26.9. The van der Waals surface area contributed by atoms with E-state index < -0.39 is 0 Å². The van der Waals surface area contributed by atoms with E-state index in [1.807, 2.05) is 42.5 Å². The van der Waals surface area contributed by atoms with Crippen LogP contribution in [0.4, 0.5) is 0 Å². The van der Waals surface area contributed by atoms with Crippen LogP contribution in [0.3, 0.4) is 0 Å². The molecule has 0 radical (unpaired) electrons. The Morgan fingerprint density at radius 2 is 1.46 bits per heavy atom. The Bertz CT molecular complexity index is 884. The van der Waals surface area contributed by atoms with E-state index in [-0.39, 0.29) is 11.9 Å². The molecule has 3 nitrogen and oxygen atoms in total. The molecule has 1 amide bonds. The molecular weight excluding hydrogens is 344 g/mol. The summed E-state index contributed by atoms with van der Waals surface area (Å²) in [7, 11) is 4.16. The fraction of sp³-hybridized carbons (Fsp3) is 0.240. The highest BCUT2D eigenvalue weighted by Crippen LogP contribution is 2.22. The SMILES string of the molecule is Cc1ccc(C(CCNC(=O)c2ccc(-c3ccccc3)cc2)N(C)C)cc1. The summed E-state index contributed by atoms with van der Waals surface area (Å²) < 4.78 is 0. The van der Waals surface area contributed by atoms with Crippen molar-refractivity contribution in [1.29, 1.82) is 0 Å². The average Bonchev–Trinajstić information content (AvgIpc) is 2.72. The van der Waals surface area contributed by atoms with Gasteiger partial charge in [0.25, 0.3) is 5.91 Å². The minimum atomic E-state index is -0.0268. The van der Waals surface area contributed by atoms with Gasteiger partial charge in [0.2, 0.25) is 0 Å². The van der Waals surface area contributed by atoms with Gasteiger partial charge in [-0.2, -0.15) is 0 Å². The molecule has 0 aliphatic rings. The van der Waals surface area contributed by atoms with Crippen LogP contribution in [0.15, 0.2) is 78.9 Å². The number of hydrogen-bond acceptors (Lipinski definition) is 2. The van der Waals surface area contributed by atoms with Gasteiger partial charge >= 0.3 is 0 Å². The fourth-order valence-corrected chi connectivity index (χ4v) is 3.38. The van der Waals surface area contributed by atoms with Crippen LogP contribution in [0.1, 0.15) is 33.9 Å². The molecule has 0 saturated heterocycles. The highest BCUT2D eigenvalue weighted by molar-refractivity contribution is 5.94. The number of aryl methyl sites for hydroxylation is 1. The van der Waals surface area contributed by atoms with Crippen molar-refractivity contribution >= 4 is 5.91 Å². The Balaban J connectivity index is 1.58. The van der Waals surface area contributed by atoms with Gasteiger partial charge in [-0.25, -0.2) is 0 Å². The van der Waals surface area contributed by atoms with E-state index in [0.29, 0.717) is 12.1 Å². The van der Waals surface area contributed by atoms with E-state index in [1.165, 1.54) is 11.1 Å². The molecule has 0 spiro atoms. The van der Waals surface area contributed by atoms with Crippen LogP contribution in [0.25, 0.3) is 11.1 Å². The molecule has 1 unspecified atom stereocenters. The molecular formula is C25H28N2O. The lowest BCUT2D eigenvalue weighted by atomic mass is 10.0. The number of rotatable bonds is 7. The van der Waals surface area contributed by atoms with Crippen molar-refractivity contribution in [3.05, 3.63) is 95.6 Å². The van der Waals surface area contributed by atoms with Gasteiger partial charge < -0.3 is 10.2 Å². The van der Waals surface area contributed by atoms with Gasteiger partial charge in [0.1, 0.15) is 0 Å².